The maximum atomic E-state index is 11.4. The standard InChI is InChI=1S/C22H22Cl2N4O4/c1-25-21(29)27-16-3-5-17(6-4-16)30-11-18-12-31-22(32-18,13-28-9-8-26-14-28)19-7-2-15(23)10-20(19)24/h2-10,14,18H,11-13H2,1H3,(H2,25,27,29). The predicted octanol–water partition coefficient (Wildman–Crippen LogP) is 4.29. The minimum atomic E-state index is -1.10. The molecule has 1 saturated heterocycles. The summed E-state index contributed by atoms with van der Waals surface area (Å²) >= 11 is 12.6. The molecule has 0 bridgehead atoms. The van der Waals surface area contributed by atoms with E-state index in [2.05, 4.69) is 15.6 Å². The van der Waals surface area contributed by atoms with E-state index in [0.717, 1.165) is 0 Å². The van der Waals surface area contributed by atoms with E-state index in [1.165, 1.54) is 0 Å². The summed E-state index contributed by atoms with van der Waals surface area (Å²) in [5.41, 5.74) is 1.35. The highest BCUT2D eigenvalue weighted by atomic mass is 35.5. The Balaban J connectivity index is 1.45. The zero-order chi connectivity index (χ0) is 22.6. The molecule has 0 saturated carbocycles. The number of hydrogen-bond acceptors (Lipinski definition) is 5. The van der Waals surface area contributed by atoms with Crippen molar-refractivity contribution in [1.29, 1.82) is 0 Å². The Hall–Kier alpha value is -2.78. The summed E-state index contributed by atoms with van der Waals surface area (Å²) in [7, 11) is 1.56. The van der Waals surface area contributed by atoms with Gasteiger partial charge in [-0.15, -0.1) is 0 Å². The molecule has 2 heterocycles. The maximum absolute atomic E-state index is 11.4. The normalized spacial score (nSPS) is 20.2. The molecular formula is C22H22Cl2N4O4. The van der Waals surface area contributed by atoms with Crippen molar-refractivity contribution in [3.63, 3.8) is 0 Å². The average molecular weight is 477 g/mol. The van der Waals surface area contributed by atoms with Gasteiger partial charge in [0, 0.05) is 35.7 Å². The SMILES string of the molecule is CNC(=O)Nc1ccc(OCC2COC(Cn3ccnc3)(c3ccc(Cl)cc3Cl)O2)cc1. The molecule has 2 atom stereocenters. The van der Waals surface area contributed by atoms with Gasteiger partial charge in [-0.3, -0.25) is 0 Å². The number of imidazole rings is 1. The second kappa shape index (κ2) is 9.79. The van der Waals surface area contributed by atoms with E-state index in [4.69, 9.17) is 37.4 Å². The Bertz CT molecular complexity index is 1060. The van der Waals surface area contributed by atoms with E-state index in [1.807, 2.05) is 16.8 Å². The third kappa shape index (κ3) is 5.16. The molecule has 4 rings (SSSR count). The fourth-order valence-corrected chi connectivity index (χ4v) is 3.95. The Morgan fingerprint density at radius 3 is 2.78 bits per heavy atom. The molecule has 3 aromatic rings. The summed E-state index contributed by atoms with van der Waals surface area (Å²) in [6.07, 6.45) is 4.89. The van der Waals surface area contributed by atoms with Crippen molar-refractivity contribution in [2.75, 3.05) is 25.6 Å². The highest BCUT2D eigenvalue weighted by Crippen LogP contribution is 2.40. The fraction of sp³-hybridized carbons (Fsp3) is 0.273. The van der Waals surface area contributed by atoms with Crippen LogP contribution in [0.2, 0.25) is 10.0 Å². The van der Waals surface area contributed by atoms with E-state index in [9.17, 15) is 4.79 Å². The molecule has 32 heavy (non-hydrogen) atoms. The van der Waals surface area contributed by atoms with Crippen LogP contribution in [0.15, 0.2) is 61.2 Å². The number of amides is 2. The van der Waals surface area contributed by atoms with Crippen LogP contribution in [0, 0.1) is 0 Å². The number of carbonyl (C=O) groups excluding carboxylic acids is 1. The van der Waals surface area contributed by atoms with Gasteiger partial charge in [-0.05, 0) is 36.4 Å². The number of aromatic nitrogens is 2. The van der Waals surface area contributed by atoms with Crippen LogP contribution in [0.25, 0.3) is 0 Å². The van der Waals surface area contributed by atoms with Crippen molar-refractivity contribution in [3.05, 3.63) is 76.8 Å². The van der Waals surface area contributed by atoms with Crippen molar-refractivity contribution in [3.8, 4) is 5.75 Å². The molecule has 1 aromatic heterocycles. The third-order valence-corrected chi connectivity index (χ3v) is 5.47. The van der Waals surface area contributed by atoms with Crippen LogP contribution in [0.1, 0.15) is 5.56 Å². The van der Waals surface area contributed by atoms with Gasteiger partial charge in [-0.25, -0.2) is 9.78 Å². The van der Waals surface area contributed by atoms with Gasteiger partial charge < -0.3 is 29.4 Å². The quantitative estimate of drug-likeness (QED) is 0.531. The number of urea groups is 1. The van der Waals surface area contributed by atoms with Crippen LogP contribution in [-0.4, -0.2) is 41.9 Å². The molecule has 0 radical (unpaired) electrons. The predicted molar refractivity (Wildman–Crippen MR) is 121 cm³/mol. The van der Waals surface area contributed by atoms with Crippen molar-refractivity contribution in [1.82, 2.24) is 14.9 Å². The number of ether oxygens (including phenoxy) is 3. The van der Waals surface area contributed by atoms with Crippen LogP contribution in [0.4, 0.5) is 10.5 Å². The minimum absolute atomic E-state index is 0.277. The van der Waals surface area contributed by atoms with E-state index in [0.29, 0.717) is 40.2 Å². The number of rotatable bonds is 7. The summed E-state index contributed by atoms with van der Waals surface area (Å²) in [4.78, 5) is 15.5. The lowest BCUT2D eigenvalue weighted by molar-refractivity contribution is -0.189. The monoisotopic (exact) mass is 476 g/mol. The van der Waals surface area contributed by atoms with Crippen LogP contribution in [-0.2, 0) is 21.8 Å². The summed E-state index contributed by atoms with van der Waals surface area (Å²) < 4.78 is 20.3. The molecule has 8 nitrogen and oxygen atoms in total. The summed E-state index contributed by atoms with van der Waals surface area (Å²) in [5, 5.41) is 6.18. The van der Waals surface area contributed by atoms with Crippen LogP contribution in [0.3, 0.4) is 0 Å². The van der Waals surface area contributed by atoms with Gasteiger partial charge in [0.1, 0.15) is 18.5 Å². The summed E-state index contributed by atoms with van der Waals surface area (Å²) in [5.74, 6) is -0.454. The second-order valence-corrected chi connectivity index (χ2v) is 8.05. The van der Waals surface area contributed by atoms with Crippen LogP contribution >= 0.6 is 23.2 Å². The van der Waals surface area contributed by atoms with Crippen LogP contribution < -0.4 is 15.4 Å². The molecule has 2 N–H and O–H groups in total. The molecule has 0 aliphatic carbocycles. The molecule has 0 spiro atoms. The third-order valence-electron chi connectivity index (χ3n) is 4.93. The van der Waals surface area contributed by atoms with E-state index in [-0.39, 0.29) is 18.7 Å². The van der Waals surface area contributed by atoms with Crippen molar-refractivity contribution in [2.45, 2.75) is 18.4 Å². The summed E-state index contributed by atoms with van der Waals surface area (Å²) in [6, 6.07) is 12.0. The second-order valence-electron chi connectivity index (χ2n) is 7.20. The average Bonchev–Trinajstić information content (AvgIpc) is 3.44. The first-order valence-corrected chi connectivity index (χ1v) is 10.7. The van der Waals surface area contributed by atoms with Crippen molar-refractivity contribution < 1.29 is 19.0 Å². The molecule has 10 heteroatoms. The molecule has 2 aromatic carbocycles. The highest BCUT2D eigenvalue weighted by molar-refractivity contribution is 6.35. The molecule has 1 fully saturated rings. The first-order chi connectivity index (χ1) is 15.5. The van der Waals surface area contributed by atoms with Gasteiger partial charge in [0.25, 0.3) is 0 Å². The highest BCUT2D eigenvalue weighted by Gasteiger charge is 2.45. The van der Waals surface area contributed by atoms with Gasteiger partial charge in [-0.1, -0.05) is 29.3 Å². The van der Waals surface area contributed by atoms with Gasteiger partial charge in [-0.2, -0.15) is 0 Å². The number of carbonyl (C=O) groups is 1. The Morgan fingerprint density at radius 2 is 2.09 bits per heavy atom. The van der Waals surface area contributed by atoms with Crippen molar-refractivity contribution in [2.24, 2.45) is 0 Å². The number of hydrogen-bond donors (Lipinski definition) is 2. The topological polar surface area (TPSA) is 86.6 Å². The largest absolute Gasteiger partial charge is 0.491 e. The molecule has 2 unspecified atom stereocenters. The fourth-order valence-electron chi connectivity index (χ4n) is 3.39. The summed E-state index contributed by atoms with van der Waals surface area (Å²) in [6.45, 7) is 0.966. The molecule has 168 valence electrons. The molecule has 1 aliphatic heterocycles. The van der Waals surface area contributed by atoms with Crippen LogP contribution in [0.5, 0.6) is 5.75 Å². The maximum Gasteiger partial charge on any atom is 0.318 e. The minimum Gasteiger partial charge on any atom is -0.491 e. The Labute approximate surface area is 195 Å². The zero-order valence-electron chi connectivity index (χ0n) is 17.3. The van der Waals surface area contributed by atoms with Gasteiger partial charge in [0.05, 0.1) is 24.5 Å². The number of anilines is 1. The van der Waals surface area contributed by atoms with Crippen molar-refractivity contribution >= 4 is 34.9 Å². The number of benzene rings is 2. The molecule has 2 amide bonds. The lowest BCUT2D eigenvalue weighted by atomic mass is 10.1. The van der Waals surface area contributed by atoms with E-state index in [1.54, 1.807) is 56.0 Å². The Morgan fingerprint density at radius 1 is 1.28 bits per heavy atom. The lowest BCUT2D eigenvalue weighted by Gasteiger charge is -2.30. The molecular weight excluding hydrogens is 455 g/mol. The van der Waals surface area contributed by atoms with Gasteiger partial charge >= 0.3 is 6.03 Å². The van der Waals surface area contributed by atoms with E-state index >= 15 is 0 Å². The first kappa shape index (κ1) is 22.4. The zero-order valence-corrected chi connectivity index (χ0v) is 18.8. The van der Waals surface area contributed by atoms with Gasteiger partial charge in [0.15, 0.2) is 0 Å². The number of nitrogens with zero attached hydrogens (tertiary/aromatic N) is 2. The number of halogens is 2. The lowest BCUT2D eigenvalue weighted by Crippen LogP contribution is -2.34. The first-order valence-electron chi connectivity index (χ1n) is 9.92. The smallest absolute Gasteiger partial charge is 0.318 e. The number of nitrogens with one attached hydrogen (secondary N) is 2. The van der Waals surface area contributed by atoms with Gasteiger partial charge in [0.2, 0.25) is 5.79 Å². The molecule has 1 aliphatic rings. The Kier molecular flexibility index (Phi) is 6.86. The van der Waals surface area contributed by atoms with E-state index < -0.39 is 5.79 Å².